The molecule has 0 saturated heterocycles. The molecular formula is C17H14ClF4NO2. The number of carbonyl (C=O) groups excluding carboxylic acids is 1. The Hall–Kier alpha value is -2.07. The minimum absolute atomic E-state index is 0.0897. The molecule has 1 saturated carbocycles. The number of hydrogen-bond donors (Lipinski definition) is 0. The van der Waals surface area contributed by atoms with Crippen molar-refractivity contribution in [3.05, 3.63) is 45.5 Å². The molecule has 0 radical (unpaired) electrons. The Morgan fingerprint density at radius 2 is 1.76 bits per heavy atom. The van der Waals surface area contributed by atoms with Gasteiger partial charge in [0.1, 0.15) is 17.7 Å². The first-order chi connectivity index (χ1) is 11.5. The highest BCUT2D eigenvalue weighted by atomic mass is 35.5. The molecule has 0 spiro atoms. The highest BCUT2D eigenvalue weighted by Crippen LogP contribution is 2.60. The van der Waals surface area contributed by atoms with Crippen LogP contribution in [-0.2, 0) is 16.1 Å². The molecular weight excluding hydrogens is 362 g/mol. The molecule has 1 fully saturated rings. The molecule has 0 aromatic heterocycles. The Morgan fingerprint density at radius 1 is 1.24 bits per heavy atom. The van der Waals surface area contributed by atoms with Gasteiger partial charge < -0.3 is 4.74 Å². The van der Waals surface area contributed by atoms with Gasteiger partial charge in [-0.3, -0.25) is 4.79 Å². The van der Waals surface area contributed by atoms with E-state index in [1.54, 1.807) is 19.9 Å². The highest BCUT2D eigenvalue weighted by Gasteiger charge is 2.61. The van der Waals surface area contributed by atoms with Crippen LogP contribution in [0.2, 0.25) is 0 Å². The zero-order chi connectivity index (χ0) is 19.1. The van der Waals surface area contributed by atoms with Crippen molar-refractivity contribution in [2.45, 2.75) is 27.4 Å². The standard InChI is InChI=1S/C17H14ClF4NO2/c1-7-12(19)14(21)9(15(22)13(7)20)6-25-16(24)11-10(17(11,2)3)4-8(18)5-23/h4,10-11H,6H2,1-3H3/b8-4+. The van der Waals surface area contributed by atoms with Gasteiger partial charge in [0.2, 0.25) is 0 Å². The number of halogens is 5. The summed E-state index contributed by atoms with van der Waals surface area (Å²) in [7, 11) is 0. The van der Waals surface area contributed by atoms with Crippen LogP contribution in [0.15, 0.2) is 11.1 Å². The molecule has 0 amide bonds. The van der Waals surface area contributed by atoms with E-state index in [0.717, 1.165) is 6.92 Å². The largest absolute Gasteiger partial charge is 0.460 e. The Balaban J connectivity index is 2.16. The van der Waals surface area contributed by atoms with Gasteiger partial charge in [-0.2, -0.15) is 5.26 Å². The van der Waals surface area contributed by atoms with E-state index < -0.39 is 58.3 Å². The summed E-state index contributed by atoms with van der Waals surface area (Å²) in [5, 5.41) is 8.58. The maximum atomic E-state index is 13.8. The lowest BCUT2D eigenvalue weighted by atomic mass is 10.1. The van der Waals surface area contributed by atoms with Gasteiger partial charge in [0.05, 0.1) is 11.5 Å². The minimum atomic E-state index is -1.59. The van der Waals surface area contributed by atoms with Gasteiger partial charge in [0, 0.05) is 5.56 Å². The lowest BCUT2D eigenvalue weighted by Gasteiger charge is -2.10. The van der Waals surface area contributed by atoms with Crippen molar-refractivity contribution < 1.29 is 27.1 Å². The number of nitrogens with zero attached hydrogens (tertiary/aromatic N) is 1. The predicted molar refractivity (Wildman–Crippen MR) is 81.1 cm³/mol. The molecule has 0 aliphatic heterocycles. The SMILES string of the molecule is Cc1c(F)c(F)c(COC(=O)C2C(/C=C(/Cl)C#N)C2(C)C)c(F)c1F. The molecule has 1 aromatic rings. The summed E-state index contributed by atoms with van der Waals surface area (Å²) < 4.78 is 59.4. The first-order valence-electron chi connectivity index (χ1n) is 7.29. The lowest BCUT2D eigenvalue weighted by molar-refractivity contribution is -0.147. The van der Waals surface area contributed by atoms with Crippen molar-refractivity contribution >= 4 is 17.6 Å². The van der Waals surface area contributed by atoms with Gasteiger partial charge in [-0.15, -0.1) is 0 Å². The molecule has 8 heteroatoms. The molecule has 1 aliphatic rings. The zero-order valence-corrected chi connectivity index (χ0v) is 14.3. The first-order valence-corrected chi connectivity index (χ1v) is 7.67. The van der Waals surface area contributed by atoms with Gasteiger partial charge in [0.25, 0.3) is 0 Å². The number of rotatable bonds is 4. The normalized spacial score (nSPS) is 21.6. The maximum absolute atomic E-state index is 13.8. The Kier molecular flexibility index (Phi) is 5.14. The molecule has 0 bridgehead atoms. The van der Waals surface area contributed by atoms with Gasteiger partial charge in [-0.25, -0.2) is 17.6 Å². The second kappa shape index (κ2) is 6.68. The fourth-order valence-electron chi connectivity index (χ4n) is 2.78. The zero-order valence-electron chi connectivity index (χ0n) is 13.6. The average Bonchev–Trinajstić information content (AvgIpc) is 3.10. The van der Waals surface area contributed by atoms with Crippen molar-refractivity contribution in [3.63, 3.8) is 0 Å². The van der Waals surface area contributed by atoms with E-state index in [1.807, 2.05) is 0 Å². The first kappa shape index (κ1) is 19.3. The number of benzene rings is 1. The van der Waals surface area contributed by atoms with Crippen LogP contribution in [0.3, 0.4) is 0 Å². The summed E-state index contributed by atoms with van der Waals surface area (Å²) >= 11 is 5.63. The fraction of sp³-hybridized carbons (Fsp3) is 0.412. The van der Waals surface area contributed by atoms with E-state index in [-0.39, 0.29) is 11.0 Å². The van der Waals surface area contributed by atoms with E-state index in [9.17, 15) is 22.4 Å². The molecule has 3 nitrogen and oxygen atoms in total. The van der Waals surface area contributed by atoms with Crippen molar-refractivity contribution in [1.82, 2.24) is 0 Å². The third-order valence-electron chi connectivity index (χ3n) is 4.53. The monoisotopic (exact) mass is 375 g/mol. The number of nitriles is 1. The van der Waals surface area contributed by atoms with Gasteiger partial charge >= 0.3 is 5.97 Å². The molecule has 1 aromatic carbocycles. The third-order valence-corrected chi connectivity index (χ3v) is 4.74. The van der Waals surface area contributed by atoms with Crippen LogP contribution in [0, 0.1) is 58.8 Å². The van der Waals surface area contributed by atoms with Crippen LogP contribution in [0.25, 0.3) is 0 Å². The van der Waals surface area contributed by atoms with Crippen LogP contribution in [0.1, 0.15) is 25.0 Å². The number of carbonyl (C=O) groups is 1. The summed E-state index contributed by atoms with van der Waals surface area (Å²) in [6.45, 7) is 3.41. The molecule has 134 valence electrons. The van der Waals surface area contributed by atoms with Crippen molar-refractivity contribution in [1.29, 1.82) is 5.26 Å². The Morgan fingerprint density at radius 3 is 2.24 bits per heavy atom. The number of hydrogen-bond acceptors (Lipinski definition) is 3. The summed E-state index contributed by atoms with van der Waals surface area (Å²) in [6.07, 6.45) is 1.40. The molecule has 2 atom stereocenters. The number of allylic oxidation sites excluding steroid dienone is 2. The predicted octanol–water partition coefficient (Wildman–Crippen LogP) is 4.51. The Labute approximate surface area is 146 Å². The second-order valence-corrected chi connectivity index (χ2v) is 6.83. The van der Waals surface area contributed by atoms with E-state index in [4.69, 9.17) is 21.6 Å². The second-order valence-electron chi connectivity index (χ2n) is 6.42. The summed E-state index contributed by atoms with van der Waals surface area (Å²) in [5.41, 5.74) is -2.34. The molecule has 25 heavy (non-hydrogen) atoms. The number of ether oxygens (including phenoxy) is 1. The van der Waals surface area contributed by atoms with Crippen LogP contribution < -0.4 is 0 Å². The van der Waals surface area contributed by atoms with E-state index in [1.165, 1.54) is 6.08 Å². The average molecular weight is 376 g/mol. The third kappa shape index (κ3) is 3.36. The van der Waals surface area contributed by atoms with Crippen molar-refractivity contribution in [2.75, 3.05) is 0 Å². The maximum Gasteiger partial charge on any atom is 0.310 e. The van der Waals surface area contributed by atoms with Gasteiger partial charge in [-0.05, 0) is 18.3 Å². The number of esters is 1. The minimum Gasteiger partial charge on any atom is -0.460 e. The smallest absolute Gasteiger partial charge is 0.310 e. The van der Waals surface area contributed by atoms with Crippen LogP contribution in [0.5, 0.6) is 0 Å². The van der Waals surface area contributed by atoms with Crippen molar-refractivity contribution in [3.8, 4) is 6.07 Å². The van der Waals surface area contributed by atoms with Crippen LogP contribution >= 0.6 is 11.6 Å². The summed E-state index contributed by atoms with van der Waals surface area (Å²) in [5.74, 6) is -8.11. The molecule has 0 N–H and O–H groups in total. The Bertz CT molecular complexity index is 785. The summed E-state index contributed by atoms with van der Waals surface area (Å²) in [6, 6.07) is 1.72. The fourth-order valence-corrected chi connectivity index (χ4v) is 2.92. The van der Waals surface area contributed by atoms with Crippen molar-refractivity contribution in [2.24, 2.45) is 17.3 Å². The molecule has 2 unspecified atom stereocenters. The van der Waals surface area contributed by atoms with Crippen LogP contribution in [-0.4, -0.2) is 5.97 Å². The molecule has 0 heterocycles. The summed E-state index contributed by atoms with van der Waals surface area (Å²) in [4.78, 5) is 12.1. The van der Waals surface area contributed by atoms with E-state index in [0.29, 0.717) is 0 Å². The molecule has 1 aliphatic carbocycles. The van der Waals surface area contributed by atoms with Gasteiger partial charge in [0.15, 0.2) is 23.3 Å². The van der Waals surface area contributed by atoms with E-state index in [2.05, 4.69) is 0 Å². The van der Waals surface area contributed by atoms with E-state index >= 15 is 0 Å². The lowest BCUT2D eigenvalue weighted by Crippen LogP contribution is -2.14. The van der Waals surface area contributed by atoms with Crippen LogP contribution in [0.4, 0.5) is 17.6 Å². The topological polar surface area (TPSA) is 50.1 Å². The highest BCUT2D eigenvalue weighted by molar-refractivity contribution is 6.31. The molecule has 2 rings (SSSR count). The van der Waals surface area contributed by atoms with Gasteiger partial charge in [-0.1, -0.05) is 31.5 Å². The quantitative estimate of drug-likeness (QED) is 0.336.